The van der Waals surface area contributed by atoms with Crippen molar-refractivity contribution in [2.45, 2.75) is 39.3 Å². The van der Waals surface area contributed by atoms with Crippen molar-refractivity contribution >= 4 is 23.2 Å². The van der Waals surface area contributed by atoms with Gasteiger partial charge in [-0.2, -0.15) is 0 Å². The number of hydrogen-bond acceptors (Lipinski definition) is 3. The number of nitrogens with one attached hydrogen (secondary N) is 1. The average Bonchev–Trinajstić information content (AvgIpc) is 2.62. The van der Waals surface area contributed by atoms with Gasteiger partial charge in [-0.3, -0.25) is 0 Å². The standard InChI is InChI=1S/C20H25Cl2NO2/c1-3-4-7-10-23-13-16-11-19(24-2)20(12-18(16)22)25-14-15-8-5-6-9-17(15)21/h5-6,8-9,11-12,23H,3-4,7,10,13-14H2,1-2H3. The molecular weight excluding hydrogens is 357 g/mol. The highest BCUT2D eigenvalue weighted by molar-refractivity contribution is 6.31. The summed E-state index contributed by atoms with van der Waals surface area (Å²) in [5.41, 5.74) is 1.92. The normalized spacial score (nSPS) is 10.7. The van der Waals surface area contributed by atoms with E-state index in [0.717, 1.165) is 17.7 Å². The summed E-state index contributed by atoms with van der Waals surface area (Å²) in [6.45, 7) is 4.25. The van der Waals surface area contributed by atoms with E-state index >= 15 is 0 Å². The summed E-state index contributed by atoms with van der Waals surface area (Å²) in [5, 5.41) is 4.76. The van der Waals surface area contributed by atoms with E-state index in [4.69, 9.17) is 32.7 Å². The summed E-state index contributed by atoms with van der Waals surface area (Å²) in [4.78, 5) is 0. The molecule has 136 valence electrons. The van der Waals surface area contributed by atoms with Crippen molar-refractivity contribution in [3.8, 4) is 11.5 Å². The summed E-state index contributed by atoms with van der Waals surface area (Å²) in [6.07, 6.45) is 3.62. The molecule has 0 heterocycles. The Kier molecular flexibility index (Phi) is 8.39. The van der Waals surface area contributed by atoms with Gasteiger partial charge in [0.1, 0.15) is 6.61 Å². The van der Waals surface area contributed by atoms with Crippen molar-refractivity contribution in [1.29, 1.82) is 0 Å². The van der Waals surface area contributed by atoms with Crippen LogP contribution < -0.4 is 14.8 Å². The Hall–Kier alpha value is -1.42. The minimum absolute atomic E-state index is 0.362. The number of rotatable bonds is 10. The summed E-state index contributed by atoms with van der Waals surface area (Å²) in [6, 6.07) is 11.3. The lowest BCUT2D eigenvalue weighted by molar-refractivity contribution is 0.284. The fourth-order valence-electron chi connectivity index (χ4n) is 2.48. The highest BCUT2D eigenvalue weighted by Gasteiger charge is 2.11. The highest BCUT2D eigenvalue weighted by atomic mass is 35.5. The van der Waals surface area contributed by atoms with Crippen LogP contribution in [0.25, 0.3) is 0 Å². The summed E-state index contributed by atoms with van der Waals surface area (Å²) < 4.78 is 11.3. The second-order valence-corrected chi connectivity index (χ2v) is 6.67. The van der Waals surface area contributed by atoms with Crippen LogP contribution in [0, 0.1) is 0 Å². The molecule has 0 bridgehead atoms. The predicted octanol–water partition coefficient (Wildman–Crippen LogP) is 5.86. The number of unbranched alkanes of at least 4 members (excludes halogenated alkanes) is 2. The van der Waals surface area contributed by atoms with Gasteiger partial charge in [-0.05, 0) is 30.7 Å². The molecule has 3 nitrogen and oxygen atoms in total. The first-order valence-electron chi connectivity index (χ1n) is 8.59. The summed E-state index contributed by atoms with van der Waals surface area (Å²) >= 11 is 12.6. The minimum Gasteiger partial charge on any atom is -0.493 e. The zero-order chi connectivity index (χ0) is 18.1. The Morgan fingerprint density at radius 2 is 1.76 bits per heavy atom. The van der Waals surface area contributed by atoms with Crippen LogP contribution in [-0.2, 0) is 13.2 Å². The van der Waals surface area contributed by atoms with Crippen LogP contribution in [-0.4, -0.2) is 13.7 Å². The van der Waals surface area contributed by atoms with Gasteiger partial charge >= 0.3 is 0 Å². The van der Waals surface area contributed by atoms with Gasteiger partial charge in [-0.1, -0.05) is 61.2 Å². The fourth-order valence-corrected chi connectivity index (χ4v) is 2.89. The Labute approximate surface area is 160 Å². The topological polar surface area (TPSA) is 30.5 Å². The van der Waals surface area contributed by atoms with Gasteiger partial charge in [0.2, 0.25) is 0 Å². The third kappa shape index (κ3) is 6.10. The molecule has 0 radical (unpaired) electrons. The first-order valence-corrected chi connectivity index (χ1v) is 9.34. The Morgan fingerprint density at radius 3 is 2.48 bits per heavy atom. The number of halogens is 2. The third-order valence-electron chi connectivity index (χ3n) is 3.95. The van der Waals surface area contributed by atoms with Crippen molar-refractivity contribution in [3.63, 3.8) is 0 Å². The smallest absolute Gasteiger partial charge is 0.163 e. The zero-order valence-electron chi connectivity index (χ0n) is 14.8. The monoisotopic (exact) mass is 381 g/mol. The van der Waals surface area contributed by atoms with Crippen LogP contribution in [0.1, 0.15) is 37.3 Å². The first-order chi connectivity index (χ1) is 12.2. The number of methoxy groups -OCH3 is 1. The Bertz CT molecular complexity index is 677. The molecule has 1 N–H and O–H groups in total. The van der Waals surface area contributed by atoms with Gasteiger partial charge in [-0.25, -0.2) is 0 Å². The Morgan fingerprint density at radius 1 is 0.960 bits per heavy atom. The van der Waals surface area contributed by atoms with Crippen molar-refractivity contribution in [1.82, 2.24) is 5.32 Å². The van der Waals surface area contributed by atoms with Crippen molar-refractivity contribution in [2.24, 2.45) is 0 Å². The lowest BCUT2D eigenvalue weighted by Crippen LogP contribution is -2.15. The van der Waals surface area contributed by atoms with Crippen LogP contribution in [0.5, 0.6) is 11.5 Å². The molecule has 0 spiro atoms. The van der Waals surface area contributed by atoms with Gasteiger partial charge in [-0.15, -0.1) is 0 Å². The number of benzene rings is 2. The van der Waals surface area contributed by atoms with E-state index < -0.39 is 0 Å². The van der Waals surface area contributed by atoms with E-state index in [9.17, 15) is 0 Å². The molecule has 0 aromatic heterocycles. The maximum Gasteiger partial charge on any atom is 0.163 e. The molecule has 0 saturated carbocycles. The summed E-state index contributed by atoms with van der Waals surface area (Å²) in [7, 11) is 1.63. The van der Waals surface area contributed by atoms with E-state index in [-0.39, 0.29) is 0 Å². The molecule has 0 amide bonds. The maximum atomic E-state index is 6.41. The molecule has 0 aliphatic carbocycles. The predicted molar refractivity (Wildman–Crippen MR) is 105 cm³/mol. The van der Waals surface area contributed by atoms with Crippen molar-refractivity contribution in [3.05, 3.63) is 57.6 Å². The highest BCUT2D eigenvalue weighted by Crippen LogP contribution is 2.34. The molecule has 0 saturated heterocycles. The Balaban J connectivity index is 2.01. The van der Waals surface area contributed by atoms with Gasteiger partial charge in [0.25, 0.3) is 0 Å². The lowest BCUT2D eigenvalue weighted by atomic mass is 10.2. The second kappa shape index (κ2) is 10.5. The SMILES string of the molecule is CCCCCNCc1cc(OC)c(OCc2ccccc2Cl)cc1Cl. The van der Waals surface area contributed by atoms with E-state index in [1.54, 1.807) is 13.2 Å². The van der Waals surface area contributed by atoms with Crippen LogP contribution in [0.2, 0.25) is 10.0 Å². The van der Waals surface area contributed by atoms with Gasteiger partial charge < -0.3 is 14.8 Å². The fraction of sp³-hybridized carbons (Fsp3) is 0.400. The number of ether oxygens (including phenoxy) is 2. The van der Waals surface area contributed by atoms with Crippen LogP contribution >= 0.6 is 23.2 Å². The zero-order valence-corrected chi connectivity index (χ0v) is 16.3. The molecular formula is C20H25Cl2NO2. The molecule has 0 unspecified atom stereocenters. The van der Waals surface area contributed by atoms with E-state index in [2.05, 4.69) is 12.2 Å². The van der Waals surface area contributed by atoms with E-state index in [1.165, 1.54) is 19.3 Å². The average molecular weight is 382 g/mol. The van der Waals surface area contributed by atoms with Crippen molar-refractivity contribution in [2.75, 3.05) is 13.7 Å². The number of hydrogen-bond donors (Lipinski definition) is 1. The van der Waals surface area contributed by atoms with E-state index in [0.29, 0.717) is 34.7 Å². The first kappa shape index (κ1) is 19.9. The molecule has 0 aliphatic rings. The third-order valence-corrected chi connectivity index (χ3v) is 4.67. The molecule has 0 aliphatic heterocycles. The van der Waals surface area contributed by atoms with Gasteiger partial charge in [0, 0.05) is 28.2 Å². The van der Waals surface area contributed by atoms with Crippen LogP contribution in [0.4, 0.5) is 0 Å². The minimum atomic E-state index is 0.362. The molecule has 2 rings (SSSR count). The van der Waals surface area contributed by atoms with E-state index in [1.807, 2.05) is 30.3 Å². The largest absolute Gasteiger partial charge is 0.493 e. The maximum absolute atomic E-state index is 6.41. The molecule has 2 aromatic carbocycles. The molecule has 0 fully saturated rings. The van der Waals surface area contributed by atoms with Crippen molar-refractivity contribution < 1.29 is 9.47 Å². The van der Waals surface area contributed by atoms with Crippen LogP contribution in [0.15, 0.2) is 36.4 Å². The molecule has 0 atom stereocenters. The molecule has 2 aromatic rings. The van der Waals surface area contributed by atoms with Gasteiger partial charge in [0.05, 0.1) is 7.11 Å². The quantitative estimate of drug-likeness (QED) is 0.522. The summed E-state index contributed by atoms with van der Waals surface area (Å²) in [5.74, 6) is 1.28. The second-order valence-electron chi connectivity index (χ2n) is 5.86. The van der Waals surface area contributed by atoms with Gasteiger partial charge in [0.15, 0.2) is 11.5 Å². The molecule has 5 heteroatoms. The lowest BCUT2D eigenvalue weighted by Gasteiger charge is -2.15. The molecule has 25 heavy (non-hydrogen) atoms. The van der Waals surface area contributed by atoms with Crippen LogP contribution in [0.3, 0.4) is 0 Å².